The molecule has 22 heavy (non-hydrogen) atoms. The average molecular weight is 322 g/mol. The van der Waals surface area contributed by atoms with E-state index in [2.05, 4.69) is 29.6 Å². The van der Waals surface area contributed by atoms with E-state index >= 15 is 0 Å². The Kier molecular flexibility index (Phi) is 5.40. The lowest BCUT2D eigenvalue weighted by atomic mass is 9.85. The first-order valence-corrected chi connectivity index (χ1v) is 7.18. The second-order valence-electron chi connectivity index (χ2n) is 5.46. The molecule has 2 N–H and O–H groups in total. The zero-order valence-corrected chi connectivity index (χ0v) is 13.2. The van der Waals surface area contributed by atoms with E-state index in [0.717, 1.165) is 34.9 Å². The van der Waals surface area contributed by atoms with Gasteiger partial charge >= 0.3 is 5.97 Å². The normalized spacial score (nSPS) is 20.8. The Hall–Kier alpha value is -1.62. The van der Waals surface area contributed by atoms with Crippen LogP contribution in [0.2, 0.25) is 0 Å². The molecule has 0 amide bonds. The van der Waals surface area contributed by atoms with E-state index in [0.29, 0.717) is 6.61 Å². The van der Waals surface area contributed by atoms with Gasteiger partial charge in [-0.1, -0.05) is 36.4 Å². The first kappa shape index (κ1) is 16.7. The first-order chi connectivity index (χ1) is 10.2. The summed E-state index contributed by atoms with van der Waals surface area (Å²) in [5.74, 6) is -0.799. The van der Waals surface area contributed by atoms with Crippen LogP contribution in [0.25, 0.3) is 10.8 Å². The average Bonchev–Trinajstić information content (AvgIpc) is 2.96. The van der Waals surface area contributed by atoms with Crippen LogP contribution in [0.15, 0.2) is 36.4 Å². The molecule has 1 heterocycles. The molecule has 2 aromatic rings. The van der Waals surface area contributed by atoms with Gasteiger partial charge < -0.3 is 15.2 Å². The molecule has 0 bridgehead atoms. The molecule has 1 aliphatic heterocycles. The summed E-state index contributed by atoms with van der Waals surface area (Å²) in [7, 11) is 1.67. The molecule has 1 saturated heterocycles. The van der Waals surface area contributed by atoms with Crippen molar-refractivity contribution < 1.29 is 14.6 Å². The van der Waals surface area contributed by atoms with Crippen molar-refractivity contribution in [1.29, 1.82) is 0 Å². The smallest absolute Gasteiger partial charge is 0.321 e. The van der Waals surface area contributed by atoms with Crippen molar-refractivity contribution in [3.05, 3.63) is 47.5 Å². The zero-order chi connectivity index (χ0) is 14.8. The van der Waals surface area contributed by atoms with Crippen molar-refractivity contribution in [2.24, 2.45) is 0 Å². The van der Waals surface area contributed by atoms with E-state index < -0.39 is 12.0 Å². The molecule has 2 unspecified atom stereocenters. The van der Waals surface area contributed by atoms with Crippen LogP contribution in [0.1, 0.15) is 23.5 Å². The monoisotopic (exact) mass is 321 g/mol. The molecular weight excluding hydrogens is 302 g/mol. The second kappa shape index (κ2) is 7.09. The van der Waals surface area contributed by atoms with Gasteiger partial charge in [0.25, 0.3) is 0 Å². The quantitative estimate of drug-likeness (QED) is 0.909. The van der Waals surface area contributed by atoms with Crippen molar-refractivity contribution >= 4 is 29.1 Å². The number of hydrogen-bond donors (Lipinski definition) is 2. The van der Waals surface area contributed by atoms with Gasteiger partial charge in [-0.05, 0) is 34.9 Å². The minimum atomic E-state index is -0.784. The lowest BCUT2D eigenvalue weighted by Gasteiger charge is -2.21. The Morgan fingerprint density at radius 1 is 1.32 bits per heavy atom. The summed E-state index contributed by atoms with van der Waals surface area (Å²) in [5.41, 5.74) is 2.20. The molecule has 1 aliphatic rings. The van der Waals surface area contributed by atoms with E-state index in [-0.39, 0.29) is 18.3 Å². The van der Waals surface area contributed by atoms with Crippen LogP contribution in [0.4, 0.5) is 0 Å². The fraction of sp³-hybridized carbons (Fsp3) is 0.353. The standard InChI is InChI=1S/C17H19NO3.ClH/c1-21-10-12-7-6-11-4-2-3-5-13(11)15(12)14-8-9-18-16(14)17(19)20;/h2-7,14,16,18H,8-10H2,1H3,(H,19,20);1H. The predicted molar refractivity (Wildman–Crippen MR) is 88.7 cm³/mol. The van der Waals surface area contributed by atoms with Gasteiger partial charge in [-0.2, -0.15) is 0 Å². The summed E-state index contributed by atoms with van der Waals surface area (Å²) < 4.78 is 5.30. The van der Waals surface area contributed by atoms with Gasteiger partial charge in [-0.3, -0.25) is 4.79 Å². The molecule has 0 spiro atoms. The molecule has 5 heteroatoms. The van der Waals surface area contributed by atoms with Gasteiger partial charge in [0.1, 0.15) is 6.04 Å². The maximum atomic E-state index is 11.5. The van der Waals surface area contributed by atoms with Crippen LogP contribution in [-0.2, 0) is 16.1 Å². The number of halogens is 1. The Morgan fingerprint density at radius 2 is 2.09 bits per heavy atom. The van der Waals surface area contributed by atoms with Crippen LogP contribution in [0.5, 0.6) is 0 Å². The van der Waals surface area contributed by atoms with E-state index in [4.69, 9.17) is 4.74 Å². The fourth-order valence-corrected chi connectivity index (χ4v) is 3.33. The molecule has 0 aromatic heterocycles. The van der Waals surface area contributed by atoms with Gasteiger partial charge in [0.15, 0.2) is 0 Å². The van der Waals surface area contributed by atoms with Gasteiger partial charge in [0.2, 0.25) is 0 Å². The van der Waals surface area contributed by atoms with Crippen molar-refractivity contribution in [3.8, 4) is 0 Å². The van der Waals surface area contributed by atoms with Crippen LogP contribution in [-0.4, -0.2) is 30.8 Å². The summed E-state index contributed by atoms with van der Waals surface area (Å²) in [6.07, 6.45) is 0.835. The SMILES string of the molecule is COCc1ccc2ccccc2c1C1CCNC1C(=O)O.Cl. The van der Waals surface area contributed by atoms with E-state index in [9.17, 15) is 9.90 Å². The summed E-state index contributed by atoms with van der Waals surface area (Å²) >= 11 is 0. The number of ether oxygens (including phenoxy) is 1. The molecule has 4 nitrogen and oxygen atoms in total. The number of fused-ring (bicyclic) bond motifs is 1. The number of carbonyl (C=O) groups is 1. The highest BCUT2D eigenvalue weighted by Crippen LogP contribution is 2.36. The third-order valence-corrected chi connectivity index (χ3v) is 4.22. The number of aliphatic carboxylic acids is 1. The number of methoxy groups -OCH3 is 1. The van der Waals surface area contributed by atoms with Gasteiger partial charge in [0.05, 0.1) is 6.61 Å². The van der Waals surface area contributed by atoms with E-state index in [1.165, 1.54) is 0 Å². The van der Waals surface area contributed by atoms with Crippen molar-refractivity contribution in [3.63, 3.8) is 0 Å². The Balaban J connectivity index is 0.00000176. The Labute approximate surface area is 135 Å². The fourth-order valence-electron chi connectivity index (χ4n) is 3.33. The third kappa shape index (κ3) is 2.95. The van der Waals surface area contributed by atoms with Gasteiger partial charge in [-0.15, -0.1) is 12.4 Å². The topological polar surface area (TPSA) is 58.6 Å². The number of benzene rings is 2. The van der Waals surface area contributed by atoms with Crippen molar-refractivity contribution in [1.82, 2.24) is 5.32 Å². The van der Waals surface area contributed by atoms with Crippen LogP contribution in [0, 0.1) is 0 Å². The van der Waals surface area contributed by atoms with Crippen molar-refractivity contribution in [2.45, 2.75) is 25.0 Å². The maximum absolute atomic E-state index is 11.5. The lowest BCUT2D eigenvalue weighted by molar-refractivity contribution is -0.139. The van der Waals surface area contributed by atoms with Crippen molar-refractivity contribution in [2.75, 3.05) is 13.7 Å². The molecule has 2 atom stereocenters. The van der Waals surface area contributed by atoms with Gasteiger partial charge in [-0.25, -0.2) is 0 Å². The number of carboxylic acids is 1. The summed E-state index contributed by atoms with van der Waals surface area (Å²) in [6, 6.07) is 11.7. The number of nitrogens with one attached hydrogen (secondary N) is 1. The maximum Gasteiger partial charge on any atom is 0.321 e. The highest BCUT2D eigenvalue weighted by atomic mass is 35.5. The Morgan fingerprint density at radius 3 is 2.82 bits per heavy atom. The molecule has 3 rings (SSSR count). The molecule has 0 aliphatic carbocycles. The highest BCUT2D eigenvalue weighted by molar-refractivity contribution is 5.88. The van der Waals surface area contributed by atoms with Gasteiger partial charge in [0, 0.05) is 13.0 Å². The molecule has 2 aromatic carbocycles. The van der Waals surface area contributed by atoms with Crippen LogP contribution in [0.3, 0.4) is 0 Å². The molecule has 0 radical (unpaired) electrons. The largest absolute Gasteiger partial charge is 0.480 e. The Bertz CT molecular complexity index is 674. The lowest BCUT2D eigenvalue weighted by Crippen LogP contribution is -2.34. The molecule has 0 saturated carbocycles. The number of rotatable bonds is 4. The minimum Gasteiger partial charge on any atom is -0.480 e. The molecular formula is C17H20ClNO3. The third-order valence-electron chi connectivity index (χ3n) is 4.22. The first-order valence-electron chi connectivity index (χ1n) is 7.18. The predicted octanol–water partition coefficient (Wildman–Crippen LogP) is 2.94. The molecule has 1 fully saturated rings. The summed E-state index contributed by atoms with van der Waals surface area (Å²) in [6.45, 7) is 1.24. The minimum absolute atomic E-state index is 0. The second-order valence-corrected chi connectivity index (χ2v) is 5.46. The highest BCUT2D eigenvalue weighted by Gasteiger charge is 2.35. The van der Waals surface area contributed by atoms with E-state index in [1.54, 1.807) is 7.11 Å². The number of carboxylic acid groups (broad SMARTS) is 1. The summed E-state index contributed by atoms with van der Waals surface area (Å²) in [5, 5.41) is 14.8. The van der Waals surface area contributed by atoms with Crippen LogP contribution >= 0.6 is 12.4 Å². The van der Waals surface area contributed by atoms with E-state index in [1.807, 2.05) is 12.1 Å². The zero-order valence-electron chi connectivity index (χ0n) is 12.4. The number of hydrogen-bond acceptors (Lipinski definition) is 3. The molecule has 118 valence electrons. The summed E-state index contributed by atoms with van der Waals surface area (Å²) in [4.78, 5) is 11.5. The van der Waals surface area contributed by atoms with Crippen LogP contribution < -0.4 is 5.32 Å².